The number of amides is 1. The van der Waals surface area contributed by atoms with Crippen LogP contribution in [0, 0.1) is 11.8 Å². The fourth-order valence-electron chi connectivity index (χ4n) is 2.76. The summed E-state index contributed by atoms with van der Waals surface area (Å²) in [5.41, 5.74) is 0.584. The molecule has 0 bridgehead atoms. The average molecular weight is 349 g/mol. The van der Waals surface area contributed by atoms with E-state index in [9.17, 15) is 13.6 Å². The summed E-state index contributed by atoms with van der Waals surface area (Å²) in [6.07, 6.45) is 2.77. The second-order valence-corrected chi connectivity index (χ2v) is 5.74. The van der Waals surface area contributed by atoms with Crippen molar-refractivity contribution in [2.24, 2.45) is 11.8 Å². The number of piperidine rings is 1. The number of alkyl halides is 2. The van der Waals surface area contributed by atoms with E-state index in [2.05, 4.69) is 22.3 Å². The number of halogens is 3. The van der Waals surface area contributed by atoms with Gasteiger partial charge in [0, 0.05) is 12.1 Å². The Morgan fingerprint density at radius 3 is 2.65 bits per heavy atom. The van der Waals surface area contributed by atoms with Gasteiger partial charge in [0.2, 0.25) is 5.91 Å². The quantitative estimate of drug-likeness (QED) is 0.824. The molecule has 130 valence electrons. The van der Waals surface area contributed by atoms with Crippen molar-refractivity contribution in [2.45, 2.75) is 32.8 Å². The molecule has 2 N–H and O–H groups in total. The van der Waals surface area contributed by atoms with Gasteiger partial charge >= 0.3 is 6.61 Å². The molecule has 0 radical (unpaired) electrons. The molecule has 2 unspecified atom stereocenters. The summed E-state index contributed by atoms with van der Waals surface area (Å²) in [4.78, 5) is 12.0. The lowest BCUT2D eigenvalue weighted by Crippen LogP contribution is -2.34. The monoisotopic (exact) mass is 348 g/mol. The molecule has 1 aromatic rings. The number of hydrogen-bond acceptors (Lipinski definition) is 3. The third-order valence-corrected chi connectivity index (χ3v) is 4.01. The summed E-state index contributed by atoms with van der Waals surface area (Å²) in [5.74, 6) is 0.866. The molecule has 23 heavy (non-hydrogen) atoms. The van der Waals surface area contributed by atoms with Gasteiger partial charge in [0.1, 0.15) is 5.75 Å². The second-order valence-electron chi connectivity index (χ2n) is 5.74. The minimum atomic E-state index is -2.84. The third kappa shape index (κ3) is 6.71. The van der Waals surface area contributed by atoms with Crippen molar-refractivity contribution in [2.75, 3.05) is 18.4 Å². The van der Waals surface area contributed by atoms with E-state index in [4.69, 9.17) is 0 Å². The van der Waals surface area contributed by atoms with Gasteiger partial charge in [-0.15, -0.1) is 12.4 Å². The second kappa shape index (κ2) is 9.67. The largest absolute Gasteiger partial charge is 0.435 e. The van der Waals surface area contributed by atoms with Gasteiger partial charge in [-0.25, -0.2) is 0 Å². The number of carbonyl (C=O) groups excluding carboxylic acids is 1. The van der Waals surface area contributed by atoms with Crippen molar-refractivity contribution in [3.8, 4) is 5.75 Å². The molecule has 2 atom stereocenters. The van der Waals surface area contributed by atoms with Crippen LogP contribution in [0.25, 0.3) is 0 Å². The van der Waals surface area contributed by atoms with Crippen molar-refractivity contribution < 1.29 is 18.3 Å². The summed E-state index contributed by atoms with van der Waals surface area (Å²) in [6.45, 7) is 1.28. The first-order chi connectivity index (χ1) is 10.5. The van der Waals surface area contributed by atoms with Crippen LogP contribution >= 0.6 is 12.4 Å². The van der Waals surface area contributed by atoms with Gasteiger partial charge in [-0.05, 0) is 62.0 Å². The molecule has 1 aromatic carbocycles. The van der Waals surface area contributed by atoms with Gasteiger partial charge in [-0.1, -0.05) is 6.92 Å². The Morgan fingerprint density at radius 2 is 2.09 bits per heavy atom. The maximum Gasteiger partial charge on any atom is 0.387 e. The minimum absolute atomic E-state index is 0. The number of anilines is 1. The van der Waals surface area contributed by atoms with E-state index in [0.29, 0.717) is 23.9 Å². The number of hydrogen-bond donors (Lipinski definition) is 2. The van der Waals surface area contributed by atoms with Gasteiger partial charge < -0.3 is 15.4 Å². The zero-order chi connectivity index (χ0) is 15.9. The smallest absolute Gasteiger partial charge is 0.387 e. The standard InChI is InChI=1S/C16H22F2N2O2.ClH/c1-11(12-3-2-8-19-10-12)9-15(21)20-13-4-6-14(7-5-13)22-16(17)18;/h4-7,11-12,16,19H,2-3,8-10H2,1H3,(H,20,21);1H. The summed E-state index contributed by atoms with van der Waals surface area (Å²) >= 11 is 0. The Kier molecular flexibility index (Phi) is 8.26. The Balaban J connectivity index is 0.00000264. The lowest BCUT2D eigenvalue weighted by atomic mass is 9.85. The molecule has 1 heterocycles. The highest BCUT2D eigenvalue weighted by molar-refractivity contribution is 5.90. The van der Waals surface area contributed by atoms with Crippen LogP contribution in [0.1, 0.15) is 26.2 Å². The Labute approximate surface area is 141 Å². The first-order valence-corrected chi connectivity index (χ1v) is 7.60. The number of ether oxygens (including phenoxy) is 1. The van der Waals surface area contributed by atoms with Crippen LogP contribution < -0.4 is 15.4 Å². The van der Waals surface area contributed by atoms with Gasteiger partial charge in [-0.3, -0.25) is 4.79 Å². The van der Waals surface area contributed by atoms with Crippen LogP contribution in [0.5, 0.6) is 5.75 Å². The highest BCUT2D eigenvalue weighted by Gasteiger charge is 2.22. The fraction of sp³-hybridized carbons (Fsp3) is 0.562. The number of rotatable bonds is 6. The van der Waals surface area contributed by atoms with Crippen molar-refractivity contribution in [3.05, 3.63) is 24.3 Å². The van der Waals surface area contributed by atoms with E-state index in [1.54, 1.807) is 12.1 Å². The molecule has 7 heteroatoms. The Hall–Kier alpha value is -1.40. The van der Waals surface area contributed by atoms with E-state index in [1.807, 2.05) is 0 Å². The SMILES string of the molecule is CC(CC(=O)Nc1ccc(OC(F)F)cc1)C1CCCNC1.Cl. The normalized spacial score (nSPS) is 18.9. The predicted molar refractivity (Wildman–Crippen MR) is 88.3 cm³/mol. The number of carbonyl (C=O) groups is 1. The van der Waals surface area contributed by atoms with Crippen LogP contribution in [0.3, 0.4) is 0 Å². The van der Waals surface area contributed by atoms with E-state index < -0.39 is 6.61 Å². The molecule has 1 amide bonds. The van der Waals surface area contributed by atoms with Crippen LogP contribution in [0.15, 0.2) is 24.3 Å². The molecule has 1 aliphatic heterocycles. The Morgan fingerprint density at radius 1 is 1.39 bits per heavy atom. The van der Waals surface area contributed by atoms with Crippen LogP contribution in [-0.4, -0.2) is 25.6 Å². The molecule has 1 fully saturated rings. The molecule has 0 aliphatic carbocycles. The molecule has 1 saturated heterocycles. The van der Waals surface area contributed by atoms with E-state index >= 15 is 0 Å². The molecule has 0 aromatic heterocycles. The number of benzene rings is 1. The first kappa shape index (κ1) is 19.6. The van der Waals surface area contributed by atoms with Crippen LogP contribution in [-0.2, 0) is 4.79 Å². The van der Waals surface area contributed by atoms with E-state index in [1.165, 1.54) is 12.1 Å². The minimum Gasteiger partial charge on any atom is -0.435 e. The fourth-order valence-corrected chi connectivity index (χ4v) is 2.76. The number of nitrogens with one attached hydrogen (secondary N) is 2. The molecule has 0 saturated carbocycles. The topological polar surface area (TPSA) is 50.4 Å². The molecule has 4 nitrogen and oxygen atoms in total. The maximum absolute atomic E-state index is 12.1. The van der Waals surface area contributed by atoms with Crippen molar-refractivity contribution in [1.82, 2.24) is 5.32 Å². The van der Waals surface area contributed by atoms with E-state index in [-0.39, 0.29) is 24.1 Å². The molecule has 0 spiro atoms. The van der Waals surface area contributed by atoms with E-state index in [0.717, 1.165) is 25.9 Å². The summed E-state index contributed by atoms with van der Waals surface area (Å²) in [5, 5.41) is 6.14. The maximum atomic E-state index is 12.1. The third-order valence-electron chi connectivity index (χ3n) is 4.01. The first-order valence-electron chi connectivity index (χ1n) is 7.60. The zero-order valence-electron chi connectivity index (χ0n) is 13.1. The van der Waals surface area contributed by atoms with Gasteiger partial charge in [-0.2, -0.15) is 8.78 Å². The zero-order valence-corrected chi connectivity index (χ0v) is 13.9. The van der Waals surface area contributed by atoms with Crippen molar-refractivity contribution in [1.29, 1.82) is 0 Å². The lowest BCUT2D eigenvalue weighted by Gasteiger charge is -2.28. The molecular weight excluding hydrogens is 326 g/mol. The molecule has 1 aliphatic rings. The van der Waals surface area contributed by atoms with Crippen LogP contribution in [0.4, 0.5) is 14.5 Å². The van der Waals surface area contributed by atoms with Gasteiger partial charge in [0.05, 0.1) is 0 Å². The highest BCUT2D eigenvalue weighted by Crippen LogP contribution is 2.23. The molecular formula is C16H23ClF2N2O2. The summed E-state index contributed by atoms with van der Waals surface area (Å²) in [7, 11) is 0. The Bertz CT molecular complexity index is 479. The van der Waals surface area contributed by atoms with Crippen molar-refractivity contribution in [3.63, 3.8) is 0 Å². The molecule has 2 rings (SSSR count). The summed E-state index contributed by atoms with van der Waals surface area (Å²) in [6, 6.07) is 5.94. The van der Waals surface area contributed by atoms with Gasteiger partial charge in [0.15, 0.2) is 0 Å². The van der Waals surface area contributed by atoms with Crippen LogP contribution in [0.2, 0.25) is 0 Å². The average Bonchev–Trinajstić information content (AvgIpc) is 2.49. The van der Waals surface area contributed by atoms with Crippen molar-refractivity contribution >= 4 is 24.0 Å². The highest BCUT2D eigenvalue weighted by atomic mass is 35.5. The lowest BCUT2D eigenvalue weighted by molar-refractivity contribution is -0.117. The van der Waals surface area contributed by atoms with Gasteiger partial charge in [0.25, 0.3) is 0 Å². The summed E-state index contributed by atoms with van der Waals surface area (Å²) < 4.78 is 28.4. The predicted octanol–water partition coefficient (Wildman–Crippen LogP) is 3.67.